The van der Waals surface area contributed by atoms with E-state index in [2.05, 4.69) is 72.7 Å². The predicted octanol–water partition coefficient (Wildman–Crippen LogP) is 5.27. The molecule has 0 aromatic heterocycles. The first-order valence-electron chi connectivity index (χ1n) is 10.6. The van der Waals surface area contributed by atoms with Gasteiger partial charge >= 0.3 is 0 Å². The largest absolute Gasteiger partial charge is 0.389 e. The number of hydrogen-bond donors (Lipinski definition) is 1. The molecule has 3 aromatic rings. The van der Waals surface area contributed by atoms with E-state index in [0.29, 0.717) is 0 Å². The number of aliphatic hydroxyl groups is 1. The molecule has 1 nitrogen and oxygen atoms in total. The average Bonchev–Trinajstić information content (AvgIpc) is 2.64. The van der Waals surface area contributed by atoms with Crippen LogP contribution in [-0.2, 0) is 0 Å². The van der Waals surface area contributed by atoms with E-state index in [1.54, 1.807) is 0 Å². The van der Waals surface area contributed by atoms with Gasteiger partial charge in [0.1, 0.15) is 0 Å². The molecule has 3 rings (SSSR count). The lowest BCUT2D eigenvalue weighted by molar-refractivity contribution is 0.173. The smallest absolute Gasteiger partial charge is 0.216 e. The van der Waals surface area contributed by atoms with E-state index in [4.69, 9.17) is 0 Å². The van der Waals surface area contributed by atoms with Crippen molar-refractivity contribution < 1.29 is 5.11 Å². The maximum atomic E-state index is 11.4. The topological polar surface area (TPSA) is 20.2 Å². The molecule has 2 heteroatoms. The summed E-state index contributed by atoms with van der Waals surface area (Å²) < 4.78 is 0. The number of aliphatic hydroxyl groups excluding tert-OH is 1. The summed E-state index contributed by atoms with van der Waals surface area (Å²) in [5, 5.41) is 11.4. The minimum Gasteiger partial charge on any atom is -0.389 e. The third kappa shape index (κ3) is 4.33. The molecule has 0 aliphatic heterocycles. The van der Waals surface area contributed by atoms with Crippen LogP contribution < -0.4 is 10.9 Å². The summed E-state index contributed by atoms with van der Waals surface area (Å²) in [6, 6.07) is 19.2. The van der Waals surface area contributed by atoms with Crippen LogP contribution in [0.1, 0.15) is 52.0 Å². The monoisotopic (exact) mass is 384 g/mol. The van der Waals surface area contributed by atoms with E-state index in [1.807, 2.05) is 30.3 Å². The van der Waals surface area contributed by atoms with Gasteiger partial charge in [-0.2, -0.15) is 0 Å². The lowest BCUT2D eigenvalue weighted by Crippen LogP contribution is -2.51. The molecule has 0 aliphatic rings. The molecule has 2 atom stereocenters. The van der Waals surface area contributed by atoms with Crippen molar-refractivity contribution >= 4 is 17.6 Å². The maximum Gasteiger partial charge on any atom is 0.216 e. The molecular weight excluding hydrogens is 351 g/mol. The Morgan fingerprint density at radius 2 is 1.03 bits per heavy atom. The maximum absolute atomic E-state index is 11.4. The van der Waals surface area contributed by atoms with E-state index in [9.17, 15) is 5.11 Å². The minimum atomic E-state index is -0.526. The van der Waals surface area contributed by atoms with Crippen LogP contribution in [0.25, 0.3) is 0 Å². The zero-order chi connectivity index (χ0) is 21.3. The van der Waals surface area contributed by atoms with E-state index in [0.717, 1.165) is 5.56 Å². The quantitative estimate of drug-likeness (QED) is 0.594. The molecule has 0 bridgehead atoms. The van der Waals surface area contributed by atoms with Crippen molar-refractivity contribution in [2.24, 2.45) is 0 Å². The molecule has 0 spiro atoms. The Morgan fingerprint density at radius 3 is 1.41 bits per heavy atom. The lowest BCUT2D eigenvalue weighted by Gasteiger charge is -2.31. The summed E-state index contributed by atoms with van der Waals surface area (Å²) in [5.74, 6) is 0.0395. The summed E-state index contributed by atoms with van der Waals surface area (Å²) in [7, 11) is 0. The van der Waals surface area contributed by atoms with Crippen molar-refractivity contribution in [3.8, 4) is 0 Å². The third-order valence-corrected chi connectivity index (χ3v) is 6.26. The molecule has 0 radical (unpaired) electrons. The Balaban J connectivity index is 2.23. The van der Waals surface area contributed by atoms with Crippen molar-refractivity contribution in [1.29, 1.82) is 0 Å². The van der Waals surface area contributed by atoms with Gasteiger partial charge in [0.2, 0.25) is 6.71 Å². The van der Waals surface area contributed by atoms with Gasteiger partial charge in [0.15, 0.2) is 0 Å². The molecular formula is C27H33BO. The molecule has 0 fully saturated rings. The predicted molar refractivity (Wildman–Crippen MR) is 127 cm³/mol. The zero-order valence-electron chi connectivity index (χ0n) is 18.9. The highest BCUT2D eigenvalue weighted by atomic mass is 16.3. The Labute approximate surface area is 176 Å². The van der Waals surface area contributed by atoms with Crippen LogP contribution in [-0.4, -0.2) is 11.8 Å². The van der Waals surface area contributed by atoms with Gasteiger partial charge < -0.3 is 5.11 Å². The first-order valence-corrected chi connectivity index (χ1v) is 10.6. The van der Waals surface area contributed by atoms with Crippen LogP contribution in [0.4, 0.5) is 0 Å². The van der Waals surface area contributed by atoms with Crippen molar-refractivity contribution in [1.82, 2.24) is 0 Å². The molecule has 0 aliphatic carbocycles. The zero-order valence-corrected chi connectivity index (χ0v) is 18.9. The second-order valence-corrected chi connectivity index (χ2v) is 8.82. The van der Waals surface area contributed by atoms with Crippen LogP contribution in [0, 0.1) is 41.5 Å². The fourth-order valence-corrected chi connectivity index (χ4v) is 5.17. The van der Waals surface area contributed by atoms with Gasteiger partial charge in [0.25, 0.3) is 0 Å². The number of benzene rings is 3. The Hall–Kier alpha value is -2.32. The number of aryl methyl sites for hydroxylation is 6. The molecule has 0 unspecified atom stereocenters. The van der Waals surface area contributed by atoms with Gasteiger partial charge in [-0.25, -0.2) is 0 Å². The highest BCUT2D eigenvalue weighted by molar-refractivity contribution is 6.87. The first kappa shape index (κ1) is 21.4. The highest BCUT2D eigenvalue weighted by Gasteiger charge is 2.35. The van der Waals surface area contributed by atoms with Gasteiger partial charge in [0.05, 0.1) is 6.10 Å². The lowest BCUT2D eigenvalue weighted by atomic mass is 9.30. The second kappa shape index (κ2) is 8.59. The summed E-state index contributed by atoms with van der Waals surface area (Å²) in [5.41, 5.74) is 11.5. The highest BCUT2D eigenvalue weighted by Crippen LogP contribution is 2.31. The van der Waals surface area contributed by atoms with Crippen LogP contribution in [0.3, 0.4) is 0 Å². The summed E-state index contributed by atoms with van der Waals surface area (Å²) in [6.45, 7) is 15.5. The standard InChI is InChI=1S/C27H33BO/c1-17-13-19(3)25(20(4)14-17)28(26-21(5)15-18(2)16-22(26)6)23(7)27(29)24-11-9-8-10-12-24/h8-16,23,27,29H,1-7H3/t23-,27-/m0/s1. The Bertz CT molecular complexity index is 903. The van der Waals surface area contributed by atoms with Crippen molar-refractivity contribution in [3.63, 3.8) is 0 Å². The third-order valence-electron chi connectivity index (χ3n) is 6.26. The fraction of sp³-hybridized carbons (Fsp3) is 0.333. The summed E-state index contributed by atoms with van der Waals surface area (Å²) >= 11 is 0. The Kier molecular flexibility index (Phi) is 6.34. The van der Waals surface area contributed by atoms with Gasteiger partial charge in [-0.15, -0.1) is 0 Å². The molecule has 0 saturated heterocycles. The van der Waals surface area contributed by atoms with E-state index < -0.39 is 6.10 Å². The van der Waals surface area contributed by atoms with E-state index in [1.165, 1.54) is 44.3 Å². The van der Waals surface area contributed by atoms with Crippen LogP contribution in [0.2, 0.25) is 5.82 Å². The van der Waals surface area contributed by atoms with Gasteiger partial charge in [-0.3, -0.25) is 0 Å². The molecule has 1 N–H and O–H groups in total. The first-order chi connectivity index (χ1) is 13.7. The molecule has 29 heavy (non-hydrogen) atoms. The minimum absolute atomic E-state index is 0.0395. The number of hydrogen-bond acceptors (Lipinski definition) is 1. The van der Waals surface area contributed by atoms with Crippen molar-refractivity contribution in [2.75, 3.05) is 0 Å². The second-order valence-electron chi connectivity index (χ2n) is 8.82. The summed E-state index contributed by atoms with van der Waals surface area (Å²) in [6.07, 6.45) is -0.526. The summed E-state index contributed by atoms with van der Waals surface area (Å²) in [4.78, 5) is 0. The van der Waals surface area contributed by atoms with Gasteiger partial charge in [-0.05, 0) is 52.9 Å². The SMILES string of the molecule is Cc1cc(C)c(B(c2c(C)cc(C)cc2C)[C@@H](C)[C@H](O)c2ccccc2)c(C)c1. The molecule has 150 valence electrons. The van der Waals surface area contributed by atoms with E-state index >= 15 is 0 Å². The van der Waals surface area contributed by atoms with Gasteiger partial charge in [-0.1, -0.05) is 106 Å². The van der Waals surface area contributed by atoms with Crippen LogP contribution >= 0.6 is 0 Å². The van der Waals surface area contributed by atoms with E-state index in [-0.39, 0.29) is 12.5 Å². The van der Waals surface area contributed by atoms with Crippen molar-refractivity contribution in [3.05, 3.63) is 93.5 Å². The normalized spacial score (nSPS) is 13.2. The number of rotatable bonds is 5. The Morgan fingerprint density at radius 1 is 0.655 bits per heavy atom. The molecule has 3 aromatic carbocycles. The van der Waals surface area contributed by atoms with Crippen LogP contribution in [0.5, 0.6) is 0 Å². The molecule has 0 amide bonds. The van der Waals surface area contributed by atoms with Crippen molar-refractivity contribution in [2.45, 2.75) is 60.4 Å². The fourth-order valence-electron chi connectivity index (χ4n) is 5.17. The molecule has 0 heterocycles. The van der Waals surface area contributed by atoms with Crippen LogP contribution in [0.15, 0.2) is 54.6 Å². The average molecular weight is 384 g/mol. The van der Waals surface area contributed by atoms with Gasteiger partial charge in [0, 0.05) is 0 Å². The molecule has 0 saturated carbocycles.